The number of hydrogen-bond donors (Lipinski definition) is 2. The van der Waals surface area contributed by atoms with Crippen LogP contribution in [0.15, 0.2) is 4.52 Å². The van der Waals surface area contributed by atoms with Crippen LogP contribution in [0.1, 0.15) is 32.0 Å². The molecule has 0 saturated heterocycles. The summed E-state index contributed by atoms with van der Waals surface area (Å²) in [6, 6.07) is 0. The summed E-state index contributed by atoms with van der Waals surface area (Å²) in [5.41, 5.74) is -0.603. The molecule has 0 aliphatic rings. The molecule has 5 nitrogen and oxygen atoms in total. The van der Waals surface area contributed by atoms with E-state index in [1.807, 2.05) is 0 Å². The summed E-state index contributed by atoms with van der Waals surface area (Å²) in [5, 5.41) is 16.4. The smallest absolute Gasteiger partial charge is 0.227 e. The van der Waals surface area contributed by atoms with E-state index in [4.69, 9.17) is 4.52 Å². The molecule has 0 spiro atoms. The van der Waals surface area contributed by atoms with E-state index in [-0.39, 0.29) is 0 Å². The second kappa shape index (κ2) is 5.23. The number of aromatic nitrogens is 2. The largest absolute Gasteiger partial charge is 0.390 e. The predicted molar refractivity (Wildman–Crippen MR) is 56.5 cm³/mol. The fourth-order valence-electron chi connectivity index (χ4n) is 1.16. The number of aliphatic hydroxyl groups is 1. The Hall–Kier alpha value is -0.940. The molecule has 0 radical (unpaired) electrons. The molecule has 1 aromatic heterocycles. The van der Waals surface area contributed by atoms with Gasteiger partial charge < -0.3 is 14.9 Å². The van der Waals surface area contributed by atoms with Gasteiger partial charge >= 0.3 is 0 Å². The van der Waals surface area contributed by atoms with Crippen LogP contribution in [-0.4, -0.2) is 33.9 Å². The standard InChI is InChI=1S/C10H19N3O2/c1-8-12-9(15-13-8)4-6-11-7-5-10(2,3)14/h11,14H,4-7H2,1-3H3. The van der Waals surface area contributed by atoms with Crippen molar-refractivity contribution in [1.29, 1.82) is 0 Å². The van der Waals surface area contributed by atoms with E-state index in [1.165, 1.54) is 0 Å². The van der Waals surface area contributed by atoms with Gasteiger partial charge in [0.2, 0.25) is 5.89 Å². The number of nitrogens with zero attached hydrogens (tertiary/aromatic N) is 2. The average Bonchev–Trinajstić information content (AvgIpc) is 2.49. The molecule has 86 valence electrons. The molecule has 0 amide bonds. The van der Waals surface area contributed by atoms with Gasteiger partial charge in [-0.25, -0.2) is 0 Å². The highest BCUT2D eigenvalue weighted by Gasteiger charge is 2.11. The molecule has 1 heterocycles. The summed E-state index contributed by atoms with van der Waals surface area (Å²) in [6.07, 6.45) is 1.46. The maximum Gasteiger partial charge on any atom is 0.227 e. The second-order valence-corrected chi connectivity index (χ2v) is 4.30. The zero-order valence-corrected chi connectivity index (χ0v) is 9.58. The normalized spacial score (nSPS) is 12.0. The molecule has 2 N–H and O–H groups in total. The third-order valence-corrected chi connectivity index (χ3v) is 2.00. The molecule has 0 saturated carbocycles. The van der Waals surface area contributed by atoms with Crippen molar-refractivity contribution in [2.75, 3.05) is 13.1 Å². The van der Waals surface area contributed by atoms with Crippen molar-refractivity contribution in [3.8, 4) is 0 Å². The summed E-state index contributed by atoms with van der Waals surface area (Å²) < 4.78 is 4.96. The Morgan fingerprint density at radius 1 is 1.40 bits per heavy atom. The van der Waals surface area contributed by atoms with Gasteiger partial charge in [0.15, 0.2) is 5.82 Å². The van der Waals surface area contributed by atoms with Crippen molar-refractivity contribution in [2.24, 2.45) is 0 Å². The predicted octanol–water partition coefficient (Wildman–Crippen LogP) is 0.671. The van der Waals surface area contributed by atoms with E-state index < -0.39 is 5.60 Å². The molecule has 0 aliphatic carbocycles. The van der Waals surface area contributed by atoms with E-state index >= 15 is 0 Å². The van der Waals surface area contributed by atoms with E-state index in [0.717, 1.165) is 25.9 Å². The van der Waals surface area contributed by atoms with Crippen LogP contribution < -0.4 is 5.32 Å². The van der Waals surface area contributed by atoms with Crippen LogP contribution in [0.2, 0.25) is 0 Å². The Morgan fingerprint density at radius 3 is 2.67 bits per heavy atom. The first-order valence-electron chi connectivity index (χ1n) is 5.20. The molecule has 0 fully saturated rings. The topological polar surface area (TPSA) is 71.2 Å². The fraction of sp³-hybridized carbons (Fsp3) is 0.800. The quantitative estimate of drug-likeness (QED) is 0.680. The number of rotatable bonds is 6. The zero-order chi connectivity index (χ0) is 11.3. The van der Waals surface area contributed by atoms with E-state index in [2.05, 4.69) is 15.5 Å². The minimum absolute atomic E-state index is 0.603. The van der Waals surface area contributed by atoms with Gasteiger partial charge in [0.25, 0.3) is 0 Å². The first kappa shape index (κ1) is 12.1. The Morgan fingerprint density at radius 2 is 2.13 bits per heavy atom. The maximum absolute atomic E-state index is 9.46. The van der Waals surface area contributed by atoms with Gasteiger partial charge in [-0.15, -0.1) is 0 Å². The number of hydrogen-bond acceptors (Lipinski definition) is 5. The Balaban J connectivity index is 2.07. The summed E-state index contributed by atoms with van der Waals surface area (Å²) in [5.74, 6) is 1.32. The zero-order valence-electron chi connectivity index (χ0n) is 9.58. The van der Waals surface area contributed by atoms with Crippen molar-refractivity contribution in [3.63, 3.8) is 0 Å². The van der Waals surface area contributed by atoms with Gasteiger partial charge in [-0.1, -0.05) is 5.16 Å². The van der Waals surface area contributed by atoms with Crippen LogP contribution >= 0.6 is 0 Å². The Bertz CT molecular complexity index is 291. The van der Waals surface area contributed by atoms with E-state index in [0.29, 0.717) is 11.7 Å². The fourth-order valence-corrected chi connectivity index (χ4v) is 1.16. The van der Waals surface area contributed by atoms with Crippen LogP contribution in [0.3, 0.4) is 0 Å². The molecule has 0 atom stereocenters. The lowest BCUT2D eigenvalue weighted by atomic mass is 10.1. The highest BCUT2D eigenvalue weighted by molar-refractivity contribution is 4.83. The summed E-state index contributed by atoms with van der Waals surface area (Å²) >= 11 is 0. The first-order valence-corrected chi connectivity index (χ1v) is 5.20. The van der Waals surface area contributed by atoms with Gasteiger partial charge in [-0.2, -0.15) is 4.98 Å². The molecule has 15 heavy (non-hydrogen) atoms. The molecule has 1 rings (SSSR count). The van der Waals surface area contributed by atoms with E-state index in [9.17, 15) is 5.11 Å². The van der Waals surface area contributed by atoms with Gasteiger partial charge in [0.1, 0.15) is 0 Å². The Labute approximate surface area is 89.9 Å². The average molecular weight is 213 g/mol. The third-order valence-electron chi connectivity index (χ3n) is 2.00. The van der Waals surface area contributed by atoms with Gasteiger partial charge in [0, 0.05) is 13.0 Å². The van der Waals surface area contributed by atoms with Gasteiger partial charge in [-0.3, -0.25) is 0 Å². The van der Waals surface area contributed by atoms with E-state index in [1.54, 1.807) is 20.8 Å². The highest BCUT2D eigenvalue weighted by Crippen LogP contribution is 2.04. The van der Waals surface area contributed by atoms with Crippen molar-refractivity contribution in [1.82, 2.24) is 15.5 Å². The molecular formula is C10H19N3O2. The van der Waals surface area contributed by atoms with Crippen LogP contribution in [0.25, 0.3) is 0 Å². The number of nitrogens with one attached hydrogen (secondary N) is 1. The minimum atomic E-state index is -0.603. The summed E-state index contributed by atoms with van der Waals surface area (Å²) in [7, 11) is 0. The van der Waals surface area contributed by atoms with Gasteiger partial charge in [0.05, 0.1) is 5.60 Å². The molecule has 0 aliphatic heterocycles. The third kappa shape index (κ3) is 5.49. The van der Waals surface area contributed by atoms with Crippen LogP contribution in [0, 0.1) is 6.92 Å². The minimum Gasteiger partial charge on any atom is -0.390 e. The van der Waals surface area contributed by atoms with Crippen molar-refractivity contribution < 1.29 is 9.63 Å². The molecule has 0 aromatic carbocycles. The first-order chi connectivity index (χ1) is 6.97. The number of aryl methyl sites for hydroxylation is 1. The van der Waals surface area contributed by atoms with Crippen LogP contribution in [-0.2, 0) is 6.42 Å². The highest BCUT2D eigenvalue weighted by atomic mass is 16.5. The van der Waals surface area contributed by atoms with Crippen LogP contribution in [0.4, 0.5) is 0 Å². The van der Waals surface area contributed by atoms with Crippen LogP contribution in [0.5, 0.6) is 0 Å². The van der Waals surface area contributed by atoms with Crippen molar-refractivity contribution in [3.05, 3.63) is 11.7 Å². The van der Waals surface area contributed by atoms with Crippen molar-refractivity contribution >= 4 is 0 Å². The molecule has 0 bridgehead atoms. The molecule has 0 unspecified atom stereocenters. The summed E-state index contributed by atoms with van der Waals surface area (Å²) in [4.78, 5) is 4.09. The Kier molecular flexibility index (Phi) is 4.23. The lowest BCUT2D eigenvalue weighted by molar-refractivity contribution is 0.0713. The monoisotopic (exact) mass is 213 g/mol. The maximum atomic E-state index is 9.46. The molecule has 5 heteroatoms. The SMILES string of the molecule is Cc1noc(CCNCCC(C)(C)O)n1. The van der Waals surface area contributed by atoms with Gasteiger partial charge in [-0.05, 0) is 33.7 Å². The van der Waals surface area contributed by atoms with Crippen molar-refractivity contribution in [2.45, 2.75) is 39.2 Å². The second-order valence-electron chi connectivity index (χ2n) is 4.30. The lowest BCUT2D eigenvalue weighted by Crippen LogP contribution is -2.27. The molecular weight excluding hydrogens is 194 g/mol. The molecule has 1 aromatic rings. The lowest BCUT2D eigenvalue weighted by Gasteiger charge is -2.16. The summed E-state index contributed by atoms with van der Waals surface area (Å²) in [6.45, 7) is 6.98.